The average molecular weight is 1100 g/mol. The molecule has 0 unspecified atom stereocenters. The van der Waals surface area contributed by atoms with Gasteiger partial charge in [-0.2, -0.15) is 0 Å². The van der Waals surface area contributed by atoms with Crippen molar-refractivity contribution in [1.82, 2.24) is 0 Å². The van der Waals surface area contributed by atoms with Crippen molar-refractivity contribution < 1.29 is 8.83 Å². The number of benzene rings is 1. The normalized spacial score (nSPS) is 12.5. The maximum atomic E-state index is 7.34. The molecule has 0 atom stereocenters. The fourth-order valence-corrected chi connectivity index (χ4v) is 17.6. The van der Waals surface area contributed by atoms with E-state index in [1.165, 1.54) is 219 Å². The van der Waals surface area contributed by atoms with E-state index < -0.39 is 36.8 Å². The minimum Gasteiger partial charge on any atom is -0.0654 e. The van der Waals surface area contributed by atoms with E-state index in [-0.39, 0.29) is 0 Å². The zero-order chi connectivity index (χ0) is 44.5. The van der Waals surface area contributed by atoms with Gasteiger partial charge in [-0.05, 0) is 0 Å². The standard InChI is InChI=1S/C50H72O2S2.6CH3.2Sn/c1-5-9-13-17-21-25-29-39-37-45(53-43(39)31-27-23-19-15-11-7-3)47-41-33-35-52-50(41)48(42-34-36-51-49(42)47)46-38-40(30-26-22-18-14-10-6-2)44(54-46)32-28-24-20-16-12-8-4;;;;;;;;/h33-34,37-38H,5-32H2,1-4H3;6*1H3;;. The number of fused-ring (bicyclic) bond motifs is 2. The average Bonchev–Trinajstić information content (AvgIpc) is 4.05. The van der Waals surface area contributed by atoms with Crippen LogP contribution < -0.4 is 7.55 Å². The van der Waals surface area contributed by atoms with Crippen LogP contribution in [0.25, 0.3) is 42.8 Å². The summed E-state index contributed by atoms with van der Waals surface area (Å²) in [7, 11) is 0. The van der Waals surface area contributed by atoms with Gasteiger partial charge in [0.1, 0.15) is 0 Å². The fraction of sp³-hybridized carbons (Fsp3) is 0.679. The Morgan fingerprint density at radius 3 is 0.968 bits per heavy atom. The third kappa shape index (κ3) is 15.2. The second-order valence-electron chi connectivity index (χ2n) is 21.1. The summed E-state index contributed by atoms with van der Waals surface area (Å²) in [5.41, 5.74) is 8.13. The van der Waals surface area contributed by atoms with Crippen molar-refractivity contribution in [2.45, 2.75) is 237 Å². The van der Waals surface area contributed by atoms with Crippen LogP contribution in [-0.2, 0) is 25.7 Å². The van der Waals surface area contributed by atoms with Gasteiger partial charge in [0.05, 0.1) is 0 Å². The second-order valence-corrected chi connectivity index (χ2v) is 51.9. The van der Waals surface area contributed by atoms with E-state index >= 15 is 0 Å². The summed E-state index contributed by atoms with van der Waals surface area (Å²) in [5.74, 6) is 0. The molecule has 0 aliphatic heterocycles. The Labute approximate surface area is 397 Å². The predicted octanol–water partition coefficient (Wildman–Crippen LogP) is 19.3. The van der Waals surface area contributed by atoms with Gasteiger partial charge in [-0.3, -0.25) is 0 Å². The molecule has 346 valence electrons. The Hall–Kier alpha value is -0.703. The Morgan fingerprint density at radius 2 is 0.661 bits per heavy atom. The van der Waals surface area contributed by atoms with Crippen molar-refractivity contribution in [3.63, 3.8) is 0 Å². The van der Waals surface area contributed by atoms with Crippen LogP contribution in [0.5, 0.6) is 0 Å². The summed E-state index contributed by atoms with van der Waals surface area (Å²) in [6.45, 7) is 9.30. The molecule has 5 aromatic rings. The van der Waals surface area contributed by atoms with E-state index in [9.17, 15) is 0 Å². The summed E-state index contributed by atoms with van der Waals surface area (Å²) < 4.78 is 17.3. The molecule has 0 N–H and O–H groups in total. The minimum atomic E-state index is -2.63. The van der Waals surface area contributed by atoms with Crippen molar-refractivity contribution in [3.8, 4) is 20.9 Å². The molecule has 62 heavy (non-hydrogen) atoms. The quantitative estimate of drug-likeness (QED) is 0.0317. The van der Waals surface area contributed by atoms with Crippen LogP contribution in [0, 0.1) is 0 Å². The van der Waals surface area contributed by atoms with Crippen LogP contribution in [0.15, 0.2) is 33.1 Å². The zero-order valence-electron chi connectivity index (χ0n) is 41.7. The Kier molecular flexibility index (Phi) is 22.4. The van der Waals surface area contributed by atoms with E-state index in [4.69, 9.17) is 8.83 Å². The van der Waals surface area contributed by atoms with E-state index in [1.807, 2.05) is 0 Å². The smallest absolute Gasteiger partial charge is 0.0654 e. The third-order valence-corrected chi connectivity index (χ3v) is 25.7. The van der Waals surface area contributed by atoms with Gasteiger partial charge in [0.2, 0.25) is 0 Å². The number of thiophene rings is 2. The minimum absolute atomic E-state index is 1.13. The van der Waals surface area contributed by atoms with Crippen LogP contribution >= 0.6 is 22.7 Å². The fourth-order valence-electron chi connectivity index (χ4n) is 9.35. The van der Waals surface area contributed by atoms with E-state index in [0.717, 1.165) is 11.2 Å². The number of hydrogen-bond acceptors (Lipinski definition) is 4. The molecule has 4 aromatic heterocycles. The Bertz CT molecular complexity index is 1780. The van der Waals surface area contributed by atoms with Crippen molar-refractivity contribution in [2.75, 3.05) is 0 Å². The molecule has 0 amide bonds. The first-order valence-electron chi connectivity index (χ1n) is 26.2. The molecule has 0 fully saturated rings. The van der Waals surface area contributed by atoms with Gasteiger partial charge < -0.3 is 0 Å². The van der Waals surface area contributed by atoms with Crippen molar-refractivity contribution in [3.05, 3.63) is 45.1 Å². The van der Waals surface area contributed by atoms with Gasteiger partial charge in [0.25, 0.3) is 0 Å². The predicted molar refractivity (Wildman–Crippen MR) is 287 cm³/mol. The first-order chi connectivity index (χ1) is 29.9. The number of furan rings is 2. The van der Waals surface area contributed by atoms with Gasteiger partial charge in [0.15, 0.2) is 0 Å². The van der Waals surface area contributed by atoms with Crippen LogP contribution in [0.4, 0.5) is 0 Å². The number of hydrogen-bond donors (Lipinski definition) is 0. The monoisotopic (exact) mass is 1100 g/mol. The third-order valence-electron chi connectivity index (χ3n) is 13.3. The van der Waals surface area contributed by atoms with Crippen LogP contribution in [0.3, 0.4) is 0 Å². The van der Waals surface area contributed by atoms with E-state index in [1.54, 1.807) is 20.9 Å². The van der Waals surface area contributed by atoms with E-state index in [2.05, 4.69) is 104 Å². The molecule has 0 aliphatic rings. The molecular weight excluding hydrogens is 1010 g/mol. The molecule has 0 spiro atoms. The summed E-state index contributed by atoms with van der Waals surface area (Å²) in [6.07, 6.45) is 37.1. The Balaban J connectivity index is 1.64. The number of aryl methyl sites for hydroxylation is 4. The van der Waals surface area contributed by atoms with Crippen LogP contribution in [0.1, 0.15) is 203 Å². The van der Waals surface area contributed by atoms with Gasteiger partial charge in [-0.15, -0.1) is 0 Å². The summed E-state index contributed by atoms with van der Waals surface area (Å²) in [6, 6.07) is 10.3. The molecule has 0 saturated carbocycles. The molecule has 6 heteroatoms. The zero-order valence-corrected chi connectivity index (χ0v) is 49.1. The summed E-state index contributed by atoms with van der Waals surface area (Å²) in [4.78, 5) is 21.2. The number of rotatable bonds is 32. The number of unbranched alkanes of at least 4 members (excludes halogenated alkanes) is 20. The molecule has 0 aliphatic carbocycles. The van der Waals surface area contributed by atoms with Crippen molar-refractivity contribution in [2.24, 2.45) is 0 Å². The molecule has 5 rings (SSSR count). The van der Waals surface area contributed by atoms with Gasteiger partial charge in [-0.25, -0.2) is 0 Å². The molecule has 0 saturated heterocycles. The first kappa shape index (κ1) is 52.3. The SMILES string of the molecule is CCCCCCCCc1cc(-c2c3c[c]([Sn]([CH3])([CH3])[CH3])oc3c(-c3cc(CCCCCCCC)c(CCCCCCCC)s3)c3c[c]([Sn]([CH3])([CH3])[CH3])oc23)sc1CCCCCCCC. The van der Waals surface area contributed by atoms with Crippen LogP contribution in [-0.4, -0.2) is 36.8 Å². The van der Waals surface area contributed by atoms with Gasteiger partial charge in [0, 0.05) is 0 Å². The maximum absolute atomic E-state index is 7.34. The molecular formula is C56H90O2S2Sn2. The Morgan fingerprint density at radius 1 is 0.371 bits per heavy atom. The van der Waals surface area contributed by atoms with Gasteiger partial charge in [-0.1, -0.05) is 79.1 Å². The second kappa shape index (κ2) is 26.6. The summed E-state index contributed by atoms with van der Waals surface area (Å²) in [5, 5.41) is 2.61. The first-order valence-corrected chi connectivity index (χ1v) is 47.8. The topological polar surface area (TPSA) is 26.3 Å². The molecule has 2 nitrogen and oxygen atoms in total. The van der Waals surface area contributed by atoms with Gasteiger partial charge >= 0.3 is 322 Å². The van der Waals surface area contributed by atoms with E-state index in [0.29, 0.717) is 0 Å². The van der Waals surface area contributed by atoms with Crippen molar-refractivity contribution in [1.29, 1.82) is 0 Å². The molecule has 0 bridgehead atoms. The summed E-state index contributed by atoms with van der Waals surface area (Å²) >= 11 is -1.09. The molecule has 4 heterocycles. The van der Waals surface area contributed by atoms with Crippen molar-refractivity contribution >= 4 is 88.9 Å². The molecule has 0 radical (unpaired) electrons. The molecule has 1 aromatic carbocycles. The van der Waals surface area contributed by atoms with Crippen LogP contribution in [0.2, 0.25) is 29.6 Å².